The second-order valence-electron chi connectivity index (χ2n) is 4.84. The molecule has 0 unspecified atom stereocenters. The molecule has 0 aliphatic rings. The van der Waals surface area contributed by atoms with E-state index >= 15 is 0 Å². The van der Waals surface area contributed by atoms with E-state index < -0.39 is 7.05 Å². The van der Waals surface area contributed by atoms with Crippen LogP contribution in [0.4, 0.5) is 0 Å². The minimum absolute atomic E-state index is 1.30. The summed E-state index contributed by atoms with van der Waals surface area (Å²) in [6.07, 6.45) is 0. The zero-order valence-corrected chi connectivity index (χ0v) is 14.9. The van der Waals surface area contributed by atoms with Gasteiger partial charge in [0.2, 0.25) is 0 Å². The molecular weight excluding hydrogens is 297 g/mol. The van der Waals surface area contributed by atoms with Crippen LogP contribution in [0.3, 0.4) is 0 Å². The molecule has 0 saturated carbocycles. The molecule has 3 aromatic carbocycles. The average Bonchev–Trinajstić information content (AvgIpc) is 2.67. The lowest BCUT2D eigenvalue weighted by Gasteiger charge is -2.26. The molecule has 0 saturated heterocycles. The minimum atomic E-state index is -1.91. The second kappa shape index (κ2) is 8.50. The Kier molecular flexibility index (Phi) is 6.38. The van der Waals surface area contributed by atoms with Crippen LogP contribution in [0.5, 0.6) is 0 Å². The molecule has 0 radical (unpaired) electrons. The van der Waals surface area contributed by atoms with Gasteiger partial charge < -0.3 is 0 Å². The van der Waals surface area contributed by atoms with E-state index in [9.17, 15) is 0 Å². The third kappa shape index (κ3) is 3.46. The van der Waals surface area contributed by atoms with E-state index in [4.69, 9.17) is 4.74 Å². The van der Waals surface area contributed by atoms with Crippen molar-refractivity contribution in [3.05, 3.63) is 91.0 Å². The lowest BCUT2D eigenvalue weighted by atomic mass is 10.4. The van der Waals surface area contributed by atoms with Crippen LogP contribution >= 0.6 is 7.05 Å². The minimum Gasteiger partial charge on any atom is -0.293 e. The van der Waals surface area contributed by atoms with E-state index in [0.717, 1.165) is 0 Å². The van der Waals surface area contributed by atoms with E-state index in [2.05, 4.69) is 91.0 Å². The molecule has 0 heterocycles. The summed E-state index contributed by atoms with van der Waals surface area (Å²) in [6.45, 7) is 4.00. The molecule has 3 aromatic rings. The van der Waals surface area contributed by atoms with Crippen molar-refractivity contribution in [1.82, 2.24) is 0 Å². The van der Waals surface area contributed by atoms with Crippen molar-refractivity contribution in [3.63, 3.8) is 0 Å². The molecule has 0 aromatic heterocycles. The third-order valence-corrected chi connectivity index (χ3v) is 7.43. The normalized spacial score (nSPS) is 10.4. The fraction of sp³-hybridized carbons (Fsp3) is 0.143. The summed E-state index contributed by atoms with van der Waals surface area (Å²) in [4.78, 5) is 0. The highest BCUT2D eigenvalue weighted by Gasteiger charge is 2.25. The monoisotopic (exact) mass is 321 g/mol. The summed E-state index contributed by atoms with van der Waals surface area (Å²) in [5.74, 6) is 0. The largest absolute Gasteiger partial charge is 0.293 e. The quantitative estimate of drug-likeness (QED) is 0.613. The number of nitrogens with zero attached hydrogens (tertiary/aromatic N) is 1. The van der Waals surface area contributed by atoms with Gasteiger partial charge in [0.15, 0.2) is 0 Å². The molecule has 0 spiro atoms. The Morgan fingerprint density at radius 2 is 0.783 bits per heavy atom. The van der Waals surface area contributed by atoms with Gasteiger partial charge in [0.25, 0.3) is 0 Å². The van der Waals surface area contributed by atoms with Crippen molar-refractivity contribution in [3.8, 4) is 0 Å². The van der Waals surface area contributed by atoms with Gasteiger partial charge >= 0.3 is 0 Å². The maximum Gasteiger partial charge on any atom is 0.0543 e. The van der Waals surface area contributed by atoms with E-state index in [1.807, 2.05) is 20.9 Å². The van der Waals surface area contributed by atoms with Crippen LogP contribution in [0.25, 0.3) is 0 Å². The van der Waals surface area contributed by atoms with Gasteiger partial charge in [0.1, 0.15) is 0 Å². The second-order valence-corrected chi connectivity index (χ2v) is 8.06. The van der Waals surface area contributed by atoms with Crippen LogP contribution in [-0.2, 0) is 0 Å². The standard InChI is InChI=1S/C19H18NP.C2H6/c1-20-21(17-11-5-2-6-12-17,18-13-7-3-8-14-18)19-15-9-4-10-16-19;1-2/h2-16H,1H3;1-2H3. The van der Waals surface area contributed by atoms with Gasteiger partial charge in [-0.15, -0.1) is 0 Å². The van der Waals surface area contributed by atoms with Crippen molar-refractivity contribution in [2.75, 3.05) is 7.05 Å². The lowest BCUT2D eigenvalue weighted by molar-refractivity contribution is 1.49. The van der Waals surface area contributed by atoms with E-state index in [-0.39, 0.29) is 0 Å². The van der Waals surface area contributed by atoms with Crippen molar-refractivity contribution >= 4 is 23.0 Å². The lowest BCUT2D eigenvalue weighted by Crippen LogP contribution is -2.25. The number of hydrogen-bond donors (Lipinski definition) is 0. The molecule has 0 fully saturated rings. The van der Waals surface area contributed by atoms with Gasteiger partial charge in [0.05, 0.1) is 7.05 Å². The highest BCUT2D eigenvalue weighted by Crippen LogP contribution is 2.45. The number of benzene rings is 3. The zero-order valence-electron chi connectivity index (χ0n) is 14.1. The molecule has 0 atom stereocenters. The van der Waals surface area contributed by atoms with E-state index in [0.29, 0.717) is 0 Å². The summed E-state index contributed by atoms with van der Waals surface area (Å²) < 4.78 is 4.94. The first-order valence-corrected chi connectivity index (χ1v) is 9.79. The average molecular weight is 321 g/mol. The summed E-state index contributed by atoms with van der Waals surface area (Å²) in [6, 6.07) is 31.9. The predicted octanol–water partition coefficient (Wildman–Crippen LogP) is 4.82. The maximum absolute atomic E-state index is 4.94. The number of hydrogen-bond acceptors (Lipinski definition) is 1. The molecule has 2 heteroatoms. The Morgan fingerprint density at radius 3 is 1.00 bits per heavy atom. The zero-order chi connectivity index (χ0) is 16.5. The molecular formula is C21H24NP. The molecule has 3 rings (SSSR count). The van der Waals surface area contributed by atoms with Gasteiger partial charge in [0, 0.05) is 23.0 Å². The van der Waals surface area contributed by atoms with E-state index in [1.54, 1.807) is 0 Å². The van der Waals surface area contributed by atoms with Crippen molar-refractivity contribution < 1.29 is 0 Å². The summed E-state index contributed by atoms with van der Waals surface area (Å²) >= 11 is 0. The fourth-order valence-corrected chi connectivity index (χ4v) is 6.12. The first kappa shape index (κ1) is 17.2. The predicted molar refractivity (Wildman–Crippen MR) is 105 cm³/mol. The van der Waals surface area contributed by atoms with Crippen LogP contribution < -0.4 is 15.9 Å². The van der Waals surface area contributed by atoms with Crippen molar-refractivity contribution in [2.24, 2.45) is 4.74 Å². The molecule has 118 valence electrons. The first-order valence-electron chi connectivity index (χ1n) is 8.05. The fourth-order valence-electron chi connectivity index (χ4n) is 2.72. The van der Waals surface area contributed by atoms with E-state index in [1.165, 1.54) is 15.9 Å². The topological polar surface area (TPSA) is 12.4 Å². The summed E-state index contributed by atoms with van der Waals surface area (Å²) in [7, 11) is 0.0361. The third-order valence-electron chi connectivity index (χ3n) is 3.69. The maximum atomic E-state index is 4.94. The summed E-state index contributed by atoms with van der Waals surface area (Å²) in [5.41, 5.74) is 0. The Balaban J connectivity index is 0.000000924. The van der Waals surface area contributed by atoms with Crippen LogP contribution in [0.15, 0.2) is 95.7 Å². The molecule has 0 N–H and O–H groups in total. The molecule has 0 aliphatic carbocycles. The first-order chi connectivity index (χ1) is 11.4. The van der Waals surface area contributed by atoms with Gasteiger partial charge in [-0.25, -0.2) is 0 Å². The molecule has 0 aliphatic heterocycles. The van der Waals surface area contributed by atoms with Gasteiger partial charge in [-0.1, -0.05) is 105 Å². The smallest absolute Gasteiger partial charge is 0.0543 e. The van der Waals surface area contributed by atoms with Gasteiger partial charge in [-0.3, -0.25) is 4.74 Å². The molecule has 0 amide bonds. The Bertz CT molecular complexity index is 646. The molecule has 1 nitrogen and oxygen atoms in total. The Hall–Kier alpha value is -2.11. The Labute approximate surface area is 140 Å². The summed E-state index contributed by atoms with van der Waals surface area (Å²) in [5, 5.41) is 3.89. The van der Waals surface area contributed by atoms with Crippen molar-refractivity contribution in [2.45, 2.75) is 13.8 Å². The number of rotatable bonds is 3. The van der Waals surface area contributed by atoms with Crippen LogP contribution in [0, 0.1) is 0 Å². The van der Waals surface area contributed by atoms with Crippen LogP contribution in [0.1, 0.15) is 13.8 Å². The van der Waals surface area contributed by atoms with Crippen LogP contribution in [0.2, 0.25) is 0 Å². The molecule has 0 bridgehead atoms. The van der Waals surface area contributed by atoms with Crippen LogP contribution in [-0.4, -0.2) is 7.05 Å². The van der Waals surface area contributed by atoms with Gasteiger partial charge in [-0.05, 0) is 0 Å². The molecule has 23 heavy (non-hydrogen) atoms. The Morgan fingerprint density at radius 1 is 0.522 bits per heavy atom. The highest BCUT2D eigenvalue weighted by molar-refractivity contribution is 7.87. The van der Waals surface area contributed by atoms with Gasteiger partial charge in [-0.2, -0.15) is 0 Å². The van der Waals surface area contributed by atoms with Crippen molar-refractivity contribution in [1.29, 1.82) is 0 Å². The SMILES string of the molecule is CC.CN=P(c1ccccc1)(c1ccccc1)c1ccccc1. The highest BCUT2D eigenvalue weighted by atomic mass is 31.2.